The van der Waals surface area contributed by atoms with Gasteiger partial charge in [-0.15, -0.1) is 0 Å². The van der Waals surface area contributed by atoms with Crippen molar-refractivity contribution in [3.63, 3.8) is 0 Å². The zero-order valence-corrected chi connectivity index (χ0v) is 12.7. The molecule has 0 bridgehead atoms. The molecule has 3 heteroatoms. The van der Waals surface area contributed by atoms with Gasteiger partial charge in [0.05, 0.1) is 11.9 Å². The van der Waals surface area contributed by atoms with E-state index in [0.717, 1.165) is 22.6 Å². The maximum absolute atomic E-state index is 5.82. The van der Waals surface area contributed by atoms with E-state index in [2.05, 4.69) is 10.5 Å². The van der Waals surface area contributed by atoms with Crippen LogP contribution in [0.3, 0.4) is 0 Å². The smallest absolute Gasteiger partial charge is 0.119 e. The van der Waals surface area contributed by atoms with E-state index in [1.165, 1.54) is 0 Å². The van der Waals surface area contributed by atoms with Crippen LogP contribution in [0.25, 0.3) is 0 Å². The van der Waals surface area contributed by atoms with E-state index in [1.807, 2.05) is 91.1 Å². The van der Waals surface area contributed by atoms with Gasteiger partial charge in [0, 0.05) is 5.56 Å². The third-order valence-electron chi connectivity index (χ3n) is 3.36. The van der Waals surface area contributed by atoms with Crippen molar-refractivity contribution in [3.8, 4) is 5.75 Å². The van der Waals surface area contributed by atoms with E-state index in [-0.39, 0.29) is 0 Å². The van der Waals surface area contributed by atoms with Crippen molar-refractivity contribution in [1.82, 2.24) is 0 Å². The number of nitrogens with one attached hydrogen (secondary N) is 1. The van der Waals surface area contributed by atoms with Crippen molar-refractivity contribution < 1.29 is 4.74 Å². The molecule has 23 heavy (non-hydrogen) atoms. The van der Waals surface area contributed by atoms with E-state index in [0.29, 0.717) is 6.61 Å². The molecule has 0 unspecified atom stereocenters. The highest BCUT2D eigenvalue weighted by molar-refractivity contribution is 5.82. The van der Waals surface area contributed by atoms with Gasteiger partial charge in [-0.05, 0) is 29.8 Å². The third-order valence-corrected chi connectivity index (χ3v) is 3.36. The fourth-order valence-corrected chi connectivity index (χ4v) is 2.16. The molecule has 3 aromatic carbocycles. The summed E-state index contributed by atoms with van der Waals surface area (Å²) in [6.45, 7) is 0.511. The molecule has 0 saturated carbocycles. The lowest BCUT2D eigenvalue weighted by atomic mass is 10.1. The standard InChI is InChI=1S/C20H18N2O/c1-3-11-19(12-4-1)22-21-15-17-9-7-8-10-18(17)16-23-20-13-5-2-6-14-20/h1-15,22H,16H2. The summed E-state index contributed by atoms with van der Waals surface area (Å²) in [5.41, 5.74) is 6.11. The highest BCUT2D eigenvalue weighted by Crippen LogP contribution is 2.14. The molecule has 0 saturated heterocycles. The second-order valence-corrected chi connectivity index (χ2v) is 5.04. The molecule has 0 spiro atoms. The van der Waals surface area contributed by atoms with Crippen LogP contribution in [-0.2, 0) is 6.61 Å². The van der Waals surface area contributed by atoms with Crippen LogP contribution in [0.4, 0.5) is 5.69 Å². The summed E-state index contributed by atoms with van der Waals surface area (Å²) >= 11 is 0. The Balaban J connectivity index is 1.65. The Hall–Kier alpha value is -3.07. The van der Waals surface area contributed by atoms with E-state index >= 15 is 0 Å². The summed E-state index contributed by atoms with van der Waals surface area (Å²) in [6, 6.07) is 27.8. The Labute approximate surface area is 136 Å². The van der Waals surface area contributed by atoms with Crippen LogP contribution in [0.2, 0.25) is 0 Å². The van der Waals surface area contributed by atoms with Crippen molar-refractivity contribution in [2.45, 2.75) is 6.61 Å². The van der Waals surface area contributed by atoms with Crippen molar-refractivity contribution in [2.24, 2.45) is 5.10 Å². The van der Waals surface area contributed by atoms with Crippen molar-refractivity contribution in [2.75, 3.05) is 5.43 Å². The van der Waals surface area contributed by atoms with Crippen LogP contribution in [0.1, 0.15) is 11.1 Å². The van der Waals surface area contributed by atoms with Gasteiger partial charge in [0.2, 0.25) is 0 Å². The lowest BCUT2D eigenvalue weighted by molar-refractivity contribution is 0.306. The van der Waals surface area contributed by atoms with Gasteiger partial charge in [-0.3, -0.25) is 5.43 Å². The van der Waals surface area contributed by atoms with Crippen LogP contribution in [0.5, 0.6) is 5.75 Å². The van der Waals surface area contributed by atoms with Gasteiger partial charge in [-0.1, -0.05) is 60.7 Å². The van der Waals surface area contributed by atoms with Crippen LogP contribution in [0, 0.1) is 0 Å². The number of hydrazone groups is 1. The molecule has 3 rings (SSSR count). The number of hydrogen-bond acceptors (Lipinski definition) is 3. The topological polar surface area (TPSA) is 33.6 Å². The van der Waals surface area contributed by atoms with Crippen LogP contribution < -0.4 is 10.2 Å². The Morgan fingerprint density at radius 1 is 0.783 bits per heavy atom. The molecule has 0 amide bonds. The van der Waals surface area contributed by atoms with Gasteiger partial charge in [-0.2, -0.15) is 5.10 Å². The Kier molecular flexibility index (Phi) is 5.04. The van der Waals surface area contributed by atoms with Crippen LogP contribution >= 0.6 is 0 Å². The Bertz CT molecular complexity index is 755. The molecule has 0 fully saturated rings. The molecule has 114 valence electrons. The van der Waals surface area contributed by atoms with E-state index in [4.69, 9.17) is 4.74 Å². The first-order valence-electron chi connectivity index (χ1n) is 7.52. The molecule has 0 aliphatic rings. The molecule has 3 nitrogen and oxygen atoms in total. The molecule has 0 aliphatic carbocycles. The number of nitrogens with zero attached hydrogens (tertiary/aromatic N) is 1. The number of benzene rings is 3. The molecule has 3 aromatic rings. The second-order valence-electron chi connectivity index (χ2n) is 5.04. The molecule has 0 heterocycles. The molecular weight excluding hydrogens is 284 g/mol. The highest BCUT2D eigenvalue weighted by Gasteiger charge is 2.00. The SMILES string of the molecule is C(=NNc1ccccc1)c1ccccc1COc1ccccc1. The second kappa shape index (κ2) is 7.80. The Morgan fingerprint density at radius 2 is 1.43 bits per heavy atom. The van der Waals surface area contributed by atoms with E-state index < -0.39 is 0 Å². The normalized spacial score (nSPS) is 10.6. The molecule has 0 aliphatic heterocycles. The molecule has 1 N–H and O–H groups in total. The first kappa shape index (κ1) is 14.9. The maximum Gasteiger partial charge on any atom is 0.119 e. The number of ether oxygens (including phenoxy) is 1. The number of anilines is 1. The predicted molar refractivity (Wildman–Crippen MR) is 94.9 cm³/mol. The average molecular weight is 302 g/mol. The van der Waals surface area contributed by atoms with Gasteiger partial charge in [0.1, 0.15) is 12.4 Å². The maximum atomic E-state index is 5.82. The molecule has 0 aromatic heterocycles. The predicted octanol–water partition coefficient (Wildman–Crippen LogP) is 4.71. The van der Waals surface area contributed by atoms with Gasteiger partial charge < -0.3 is 4.74 Å². The summed E-state index contributed by atoms with van der Waals surface area (Å²) in [6.07, 6.45) is 1.82. The zero-order valence-electron chi connectivity index (χ0n) is 12.7. The van der Waals surface area contributed by atoms with E-state index in [1.54, 1.807) is 0 Å². The molecule has 0 atom stereocenters. The summed E-state index contributed by atoms with van der Waals surface area (Å²) in [4.78, 5) is 0. The van der Waals surface area contributed by atoms with Crippen LogP contribution in [0.15, 0.2) is 90.0 Å². The zero-order chi connectivity index (χ0) is 15.7. The lowest BCUT2D eigenvalue weighted by Crippen LogP contribution is -2.00. The van der Waals surface area contributed by atoms with Gasteiger partial charge in [0.15, 0.2) is 0 Å². The molecular formula is C20H18N2O. The fraction of sp³-hybridized carbons (Fsp3) is 0.0500. The summed E-state index contributed by atoms with van der Waals surface area (Å²) in [5.74, 6) is 0.863. The first-order chi connectivity index (χ1) is 11.4. The highest BCUT2D eigenvalue weighted by atomic mass is 16.5. The largest absolute Gasteiger partial charge is 0.489 e. The van der Waals surface area contributed by atoms with Gasteiger partial charge >= 0.3 is 0 Å². The monoisotopic (exact) mass is 302 g/mol. The summed E-state index contributed by atoms with van der Waals surface area (Å²) in [5, 5.41) is 4.30. The van der Waals surface area contributed by atoms with Crippen molar-refractivity contribution in [3.05, 3.63) is 96.1 Å². The minimum Gasteiger partial charge on any atom is -0.489 e. The minimum atomic E-state index is 0.511. The van der Waals surface area contributed by atoms with Crippen molar-refractivity contribution >= 4 is 11.9 Å². The summed E-state index contributed by atoms with van der Waals surface area (Å²) in [7, 11) is 0. The fourth-order valence-electron chi connectivity index (χ4n) is 2.16. The number of para-hydroxylation sites is 2. The van der Waals surface area contributed by atoms with E-state index in [9.17, 15) is 0 Å². The minimum absolute atomic E-state index is 0.511. The van der Waals surface area contributed by atoms with Gasteiger partial charge in [0.25, 0.3) is 0 Å². The quantitative estimate of drug-likeness (QED) is 0.528. The van der Waals surface area contributed by atoms with Crippen molar-refractivity contribution in [1.29, 1.82) is 0 Å². The number of rotatable bonds is 6. The Morgan fingerprint density at radius 3 is 2.22 bits per heavy atom. The average Bonchev–Trinajstić information content (AvgIpc) is 2.63. The first-order valence-corrected chi connectivity index (χ1v) is 7.52. The summed E-state index contributed by atoms with van der Waals surface area (Å²) < 4.78 is 5.82. The third kappa shape index (κ3) is 4.45. The number of hydrogen-bond donors (Lipinski definition) is 1. The lowest BCUT2D eigenvalue weighted by Gasteiger charge is -2.08. The van der Waals surface area contributed by atoms with Crippen LogP contribution in [-0.4, -0.2) is 6.21 Å². The molecule has 0 radical (unpaired) electrons. The van der Waals surface area contributed by atoms with Gasteiger partial charge in [-0.25, -0.2) is 0 Å².